The smallest absolute Gasteiger partial charge is 0.257 e. The molecule has 118 valence electrons. The molecule has 1 aliphatic rings. The zero-order valence-corrected chi connectivity index (χ0v) is 13.6. The second-order valence-electron chi connectivity index (χ2n) is 6.13. The van der Waals surface area contributed by atoms with Gasteiger partial charge >= 0.3 is 0 Å². The van der Waals surface area contributed by atoms with Crippen molar-refractivity contribution >= 4 is 28.8 Å². The van der Waals surface area contributed by atoms with E-state index in [2.05, 4.69) is 4.98 Å². The van der Waals surface area contributed by atoms with Crippen LogP contribution in [0.1, 0.15) is 26.7 Å². The van der Waals surface area contributed by atoms with Gasteiger partial charge in [0.1, 0.15) is 5.52 Å². The number of oxazole rings is 1. The van der Waals surface area contributed by atoms with E-state index in [1.54, 1.807) is 18.7 Å². The molecular formula is C16H20N2O3S. The molecule has 1 aromatic carbocycles. The standard InChI is InChI=1S/C16H20N2O3S/c1-16(2,20)13-8-5-9-18(13)14(19)10-22-15-17-11-6-3-4-7-12(11)21-15/h3-4,6-7,13,20H,5,8-10H2,1-2H3. The number of hydrogen-bond donors (Lipinski definition) is 1. The van der Waals surface area contributed by atoms with Gasteiger partial charge in [-0.1, -0.05) is 23.9 Å². The molecule has 2 heterocycles. The molecule has 1 unspecified atom stereocenters. The first kappa shape index (κ1) is 15.4. The highest BCUT2D eigenvalue weighted by Crippen LogP contribution is 2.29. The largest absolute Gasteiger partial charge is 0.431 e. The molecule has 2 aromatic rings. The van der Waals surface area contributed by atoms with Crippen LogP contribution in [0.2, 0.25) is 0 Å². The molecule has 0 radical (unpaired) electrons. The molecule has 1 atom stereocenters. The number of thioether (sulfide) groups is 1. The van der Waals surface area contributed by atoms with E-state index in [0.717, 1.165) is 23.9 Å². The van der Waals surface area contributed by atoms with Crippen molar-refractivity contribution in [2.45, 2.75) is 43.6 Å². The lowest BCUT2D eigenvalue weighted by molar-refractivity contribution is -0.133. The Morgan fingerprint density at radius 1 is 1.50 bits per heavy atom. The third kappa shape index (κ3) is 3.13. The van der Waals surface area contributed by atoms with Gasteiger partial charge in [0.15, 0.2) is 5.58 Å². The fourth-order valence-electron chi connectivity index (χ4n) is 2.92. The maximum atomic E-state index is 12.4. The Balaban J connectivity index is 1.64. The molecule has 0 aliphatic carbocycles. The first-order valence-electron chi connectivity index (χ1n) is 7.45. The fraction of sp³-hybridized carbons (Fsp3) is 0.500. The van der Waals surface area contributed by atoms with E-state index in [0.29, 0.717) is 11.8 Å². The molecule has 1 aliphatic heterocycles. The number of carbonyl (C=O) groups is 1. The molecule has 1 N–H and O–H groups in total. The maximum Gasteiger partial charge on any atom is 0.257 e. The minimum atomic E-state index is -0.867. The molecule has 0 spiro atoms. The Hall–Kier alpha value is -1.53. The summed E-state index contributed by atoms with van der Waals surface area (Å²) in [7, 11) is 0. The van der Waals surface area contributed by atoms with Crippen LogP contribution < -0.4 is 0 Å². The number of benzene rings is 1. The van der Waals surface area contributed by atoms with Crippen LogP contribution in [-0.4, -0.2) is 44.8 Å². The zero-order valence-electron chi connectivity index (χ0n) is 12.8. The molecule has 22 heavy (non-hydrogen) atoms. The normalized spacial score (nSPS) is 19.0. The first-order valence-corrected chi connectivity index (χ1v) is 8.44. The number of para-hydroxylation sites is 2. The van der Waals surface area contributed by atoms with Crippen LogP contribution in [0.5, 0.6) is 0 Å². The van der Waals surface area contributed by atoms with E-state index in [9.17, 15) is 9.90 Å². The van der Waals surface area contributed by atoms with Crippen molar-refractivity contribution in [3.63, 3.8) is 0 Å². The van der Waals surface area contributed by atoms with Gasteiger partial charge in [0.05, 0.1) is 17.4 Å². The summed E-state index contributed by atoms with van der Waals surface area (Å²) in [6, 6.07) is 7.44. The number of hydrogen-bond acceptors (Lipinski definition) is 5. The van der Waals surface area contributed by atoms with Gasteiger partial charge in [-0.2, -0.15) is 0 Å². The summed E-state index contributed by atoms with van der Waals surface area (Å²) in [6.45, 7) is 4.23. The molecule has 1 amide bonds. The molecule has 5 nitrogen and oxygen atoms in total. The predicted molar refractivity (Wildman–Crippen MR) is 85.8 cm³/mol. The molecule has 1 fully saturated rings. The van der Waals surface area contributed by atoms with Crippen LogP contribution in [0, 0.1) is 0 Å². The van der Waals surface area contributed by atoms with Crippen LogP contribution in [-0.2, 0) is 4.79 Å². The minimum Gasteiger partial charge on any atom is -0.431 e. The summed E-state index contributed by atoms with van der Waals surface area (Å²) in [4.78, 5) is 18.6. The van der Waals surface area contributed by atoms with Gasteiger partial charge in [-0.25, -0.2) is 4.98 Å². The summed E-state index contributed by atoms with van der Waals surface area (Å²) in [6.07, 6.45) is 1.79. The second kappa shape index (κ2) is 5.93. The van der Waals surface area contributed by atoms with Crippen molar-refractivity contribution < 1.29 is 14.3 Å². The highest BCUT2D eigenvalue weighted by atomic mass is 32.2. The Bertz CT molecular complexity index is 644. The van der Waals surface area contributed by atoms with Crippen LogP contribution in [0.25, 0.3) is 11.1 Å². The lowest BCUT2D eigenvalue weighted by Gasteiger charge is -2.33. The molecule has 0 saturated carbocycles. The number of amides is 1. The minimum absolute atomic E-state index is 0.0249. The van der Waals surface area contributed by atoms with Crippen LogP contribution in [0.15, 0.2) is 33.9 Å². The van der Waals surface area contributed by atoms with Gasteiger partial charge in [0.25, 0.3) is 5.22 Å². The summed E-state index contributed by atoms with van der Waals surface area (Å²) >= 11 is 1.30. The average Bonchev–Trinajstić information content (AvgIpc) is 3.10. The highest BCUT2D eigenvalue weighted by Gasteiger charge is 2.38. The second-order valence-corrected chi connectivity index (χ2v) is 7.06. The van der Waals surface area contributed by atoms with E-state index in [1.807, 2.05) is 24.3 Å². The number of rotatable bonds is 4. The van der Waals surface area contributed by atoms with E-state index < -0.39 is 5.60 Å². The summed E-state index contributed by atoms with van der Waals surface area (Å²) < 4.78 is 5.61. The van der Waals surface area contributed by atoms with Crippen LogP contribution in [0.3, 0.4) is 0 Å². The summed E-state index contributed by atoms with van der Waals surface area (Å²) in [5.41, 5.74) is 0.662. The summed E-state index contributed by atoms with van der Waals surface area (Å²) in [5.74, 6) is 0.302. The maximum absolute atomic E-state index is 12.4. The quantitative estimate of drug-likeness (QED) is 0.877. The SMILES string of the molecule is CC(C)(O)C1CCCN1C(=O)CSc1nc2ccccc2o1. The number of fused-ring (bicyclic) bond motifs is 1. The van der Waals surface area contributed by atoms with E-state index in [-0.39, 0.29) is 17.7 Å². The van der Waals surface area contributed by atoms with Crippen LogP contribution in [0.4, 0.5) is 0 Å². The van der Waals surface area contributed by atoms with Crippen molar-refractivity contribution in [2.75, 3.05) is 12.3 Å². The van der Waals surface area contributed by atoms with Gasteiger partial charge in [-0.15, -0.1) is 0 Å². The zero-order chi connectivity index (χ0) is 15.7. The van der Waals surface area contributed by atoms with Gasteiger partial charge in [-0.3, -0.25) is 4.79 Å². The van der Waals surface area contributed by atoms with Crippen LogP contribution >= 0.6 is 11.8 Å². The molecule has 1 aromatic heterocycles. The number of nitrogens with zero attached hydrogens (tertiary/aromatic N) is 2. The molecule has 3 rings (SSSR count). The van der Waals surface area contributed by atoms with Gasteiger partial charge < -0.3 is 14.4 Å². The van der Waals surface area contributed by atoms with Crippen molar-refractivity contribution in [3.8, 4) is 0 Å². The van der Waals surface area contributed by atoms with Gasteiger partial charge in [0, 0.05) is 6.54 Å². The number of likely N-dealkylation sites (tertiary alicyclic amines) is 1. The lowest BCUT2D eigenvalue weighted by Crippen LogP contribution is -2.48. The predicted octanol–water partition coefficient (Wildman–Crippen LogP) is 2.68. The molecule has 6 heteroatoms. The Kier molecular flexibility index (Phi) is 4.14. The molecule has 0 bridgehead atoms. The van der Waals surface area contributed by atoms with E-state index in [4.69, 9.17) is 4.42 Å². The van der Waals surface area contributed by atoms with Crippen molar-refractivity contribution in [2.24, 2.45) is 0 Å². The van der Waals surface area contributed by atoms with Crippen molar-refractivity contribution in [1.29, 1.82) is 0 Å². The Labute approximate surface area is 133 Å². The third-order valence-corrected chi connectivity index (χ3v) is 4.79. The summed E-state index contributed by atoms with van der Waals surface area (Å²) in [5, 5.41) is 10.7. The first-order chi connectivity index (χ1) is 10.4. The van der Waals surface area contributed by atoms with Crippen molar-refractivity contribution in [3.05, 3.63) is 24.3 Å². The third-order valence-electron chi connectivity index (χ3n) is 3.98. The monoisotopic (exact) mass is 320 g/mol. The molecular weight excluding hydrogens is 300 g/mol. The Morgan fingerprint density at radius 2 is 2.27 bits per heavy atom. The topological polar surface area (TPSA) is 66.6 Å². The van der Waals surface area contributed by atoms with Gasteiger partial charge in [0.2, 0.25) is 5.91 Å². The fourth-order valence-corrected chi connectivity index (χ4v) is 3.64. The highest BCUT2D eigenvalue weighted by molar-refractivity contribution is 7.99. The average molecular weight is 320 g/mol. The number of aromatic nitrogens is 1. The Morgan fingerprint density at radius 3 is 3.00 bits per heavy atom. The van der Waals surface area contributed by atoms with E-state index >= 15 is 0 Å². The number of aliphatic hydroxyl groups is 1. The van der Waals surface area contributed by atoms with Gasteiger partial charge in [-0.05, 0) is 38.8 Å². The van der Waals surface area contributed by atoms with E-state index in [1.165, 1.54) is 11.8 Å². The van der Waals surface area contributed by atoms with Crippen molar-refractivity contribution in [1.82, 2.24) is 9.88 Å². The number of carbonyl (C=O) groups excluding carboxylic acids is 1. The molecule has 1 saturated heterocycles. The lowest BCUT2D eigenvalue weighted by atomic mass is 9.97.